The maximum absolute atomic E-state index is 5.15. The number of hydrogen-bond acceptors (Lipinski definition) is 3. The molecule has 0 aliphatic carbocycles. The lowest BCUT2D eigenvalue weighted by Crippen LogP contribution is -2.37. The highest BCUT2D eigenvalue weighted by molar-refractivity contribution is 6.89. The maximum atomic E-state index is 5.15. The van der Waals surface area contributed by atoms with Crippen LogP contribution in [0.25, 0.3) is 67.5 Å². The first-order valence-corrected chi connectivity index (χ1v) is 29.5. The molecule has 0 radical (unpaired) electrons. The number of nitrogens with zero attached hydrogens (tertiary/aromatic N) is 3. The lowest BCUT2D eigenvalue weighted by Gasteiger charge is -2.18. The van der Waals surface area contributed by atoms with Crippen molar-refractivity contribution < 1.29 is 0 Å². The summed E-state index contributed by atoms with van der Waals surface area (Å²) < 4.78 is 0. The normalized spacial score (nSPS) is 12.2. The van der Waals surface area contributed by atoms with E-state index >= 15 is 0 Å². The van der Waals surface area contributed by atoms with E-state index in [1.807, 2.05) is 0 Å². The first-order valence-electron chi connectivity index (χ1n) is 19.0. The van der Waals surface area contributed by atoms with Crippen molar-refractivity contribution >= 4 is 39.8 Å². The number of aromatic nitrogens is 3. The van der Waals surface area contributed by atoms with Crippen molar-refractivity contribution in [3.63, 3.8) is 0 Å². The Balaban J connectivity index is 1.25. The molecule has 0 fully saturated rings. The SMILES string of the molecule is C[Si](C)(C)c1ccc(-c2ccc(-c3cccc(-c4cccc(-c5nc(-c6cccc([Si](C)(C)C)c6)nc(-c6cccc([Si](C)(C)C)c6)n5)c4)c3)cc2)cc1. The van der Waals surface area contributed by atoms with Gasteiger partial charge in [-0.2, -0.15) is 0 Å². The van der Waals surface area contributed by atoms with E-state index < -0.39 is 24.2 Å². The van der Waals surface area contributed by atoms with E-state index in [0.717, 1.165) is 27.8 Å². The summed E-state index contributed by atoms with van der Waals surface area (Å²) in [6.45, 7) is 21.4. The van der Waals surface area contributed by atoms with Crippen LogP contribution in [0.2, 0.25) is 58.9 Å². The van der Waals surface area contributed by atoms with Crippen LogP contribution >= 0.6 is 0 Å². The predicted octanol–water partition coefficient (Wildman–Crippen LogP) is 11.5. The second-order valence-corrected chi connectivity index (χ2v) is 32.8. The Morgan fingerprint density at radius 2 is 0.537 bits per heavy atom. The number of hydrogen-bond donors (Lipinski definition) is 0. The molecule has 0 spiro atoms. The summed E-state index contributed by atoms with van der Waals surface area (Å²) in [7, 11) is -4.42. The molecule has 7 rings (SSSR count). The van der Waals surface area contributed by atoms with E-state index in [9.17, 15) is 0 Å². The summed E-state index contributed by atoms with van der Waals surface area (Å²) >= 11 is 0. The summed E-state index contributed by atoms with van der Waals surface area (Å²) in [5.74, 6) is 2.09. The van der Waals surface area contributed by atoms with Gasteiger partial charge in [-0.25, -0.2) is 15.0 Å². The van der Waals surface area contributed by atoms with Gasteiger partial charge in [0.2, 0.25) is 0 Å². The Bertz CT molecular complexity index is 2360. The third-order valence-corrected chi connectivity index (χ3v) is 16.4. The third kappa shape index (κ3) is 8.36. The highest BCUT2D eigenvalue weighted by atomic mass is 28.3. The van der Waals surface area contributed by atoms with Crippen LogP contribution in [0.15, 0.2) is 146 Å². The van der Waals surface area contributed by atoms with E-state index in [2.05, 4.69) is 205 Å². The Morgan fingerprint density at radius 3 is 0.926 bits per heavy atom. The Labute approximate surface area is 325 Å². The molecular weight excluding hydrogens is 703 g/mol. The first kappa shape index (κ1) is 37.3. The molecule has 7 aromatic rings. The summed E-state index contributed by atoms with van der Waals surface area (Å²) in [6, 6.07) is 53.1. The maximum Gasteiger partial charge on any atom is 0.164 e. The fourth-order valence-corrected chi connectivity index (χ4v) is 10.3. The minimum Gasteiger partial charge on any atom is -0.208 e. The fraction of sp³-hybridized carbons (Fsp3) is 0.188. The molecule has 0 unspecified atom stereocenters. The second-order valence-electron chi connectivity index (χ2n) is 17.5. The minimum atomic E-state index is -1.55. The summed E-state index contributed by atoms with van der Waals surface area (Å²) in [5.41, 5.74) is 10.2. The van der Waals surface area contributed by atoms with Gasteiger partial charge in [0.1, 0.15) is 0 Å². The lowest BCUT2D eigenvalue weighted by molar-refractivity contribution is 1.07. The van der Waals surface area contributed by atoms with Crippen molar-refractivity contribution in [2.75, 3.05) is 0 Å². The molecule has 0 amide bonds. The topological polar surface area (TPSA) is 38.7 Å². The average Bonchev–Trinajstić information content (AvgIpc) is 3.17. The molecule has 0 bridgehead atoms. The highest BCUT2D eigenvalue weighted by Crippen LogP contribution is 2.32. The second kappa shape index (κ2) is 14.7. The molecule has 0 atom stereocenters. The van der Waals surface area contributed by atoms with Crippen molar-refractivity contribution in [2.24, 2.45) is 0 Å². The van der Waals surface area contributed by atoms with Gasteiger partial charge in [-0.15, -0.1) is 0 Å². The standard InChI is InChI=1S/C48H51N3Si3/c1-52(2,3)43-28-26-35(27-29-43)34-22-24-36(25-23-34)37-14-10-15-38(30-37)39-16-11-17-40(31-39)46-49-47(41-18-12-20-44(32-41)53(4,5)6)51-48(50-46)42-19-13-21-45(33-42)54(7,8)9/h10-33H,1-9H3. The summed E-state index contributed by atoms with van der Waals surface area (Å²) in [6.07, 6.45) is 0. The van der Waals surface area contributed by atoms with Crippen molar-refractivity contribution in [1.82, 2.24) is 15.0 Å². The molecule has 0 aliphatic heterocycles. The molecule has 270 valence electrons. The monoisotopic (exact) mass is 753 g/mol. The molecule has 54 heavy (non-hydrogen) atoms. The van der Waals surface area contributed by atoms with Gasteiger partial charge in [0.05, 0.1) is 24.2 Å². The van der Waals surface area contributed by atoms with E-state index in [0.29, 0.717) is 17.5 Å². The smallest absolute Gasteiger partial charge is 0.164 e. The zero-order valence-electron chi connectivity index (χ0n) is 33.2. The minimum absolute atomic E-state index is 0.679. The van der Waals surface area contributed by atoms with Crippen LogP contribution in [-0.4, -0.2) is 39.2 Å². The van der Waals surface area contributed by atoms with Gasteiger partial charge in [0.15, 0.2) is 17.5 Å². The van der Waals surface area contributed by atoms with Gasteiger partial charge in [-0.05, 0) is 45.5 Å². The van der Waals surface area contributed by atoms with Crippen molar-refractivity contribution in [2.45, 2.75) is 58.9 Å². The molecule has 1 aromatic heterocycles. The lowest BCUT2D eigenvalue weighted by atomic mass is 9.96. The van der Waals surface area contributed by atoms with E-state index in [1.54, 1.807) is 0 Å². The van der Waals surface area contributed by atoms with Crippen molar-refractivity contribution in [3.8, 4) is 67.5 Å². The summed E-state index contributed by atoms with van der Waals surface area (Å²) in [4.78, 5) is 15.4. The third-order valence-electron chi connectivity index (χ3n) is 10.2. The zero-order chi connectivity index (χ0) is 38.3. The average molecular weight is 754 g/mol. The van der Waals surface area contributed by atoms with Gasteiger partial charge in [0, 0.05) is 16.7 Å². The van der Waals surface area contributed by atoms with E-state index in [1.165, 1.54) is 37.8 Å². The van der Waals surface area contributed by atoms with Gasteiger partial charge in [-0.1, -0.05) is 208 Å². The molecule has 0 saturated carbocycles. The fourth-order valence-electron chi connectivity index (χ4n) is 6.75. The Hall–Kier alpha value is -5.02. The van der Waals surface area contributed by atoms with Crippen LogP contribution < -0.4 is 15.6 Å². The van der Waals surface area contributed by atoms with Gasteiger partial charge >= 0.3 is 0 Å². The molecule has 0 saturated heterocycles. The van der Waals surface area contributed by atoms with Crippen LogP contribution in [0, 0.1) is 0 Å². The molecule has 1 heterocycles. The van der Waals surface area contributed by atoms with Gasteiger partial charge < -0.3 is 0 Å². The highest BCUT2D eigenvalue weighted by Gasteiger charge is 2.21. The van der Waals surface area contributed by atoms with Crippen molar-refractivity contribution in [3.05, 3.63) is 146 Å². The first-order chi connectivity index (χ1) is 25.6. The number of rotatable bonds is 9. The van der Waals surface area contributed by atoms with Crippen LogP contribution in [0.3, 0.4) is 0 Å². The zero-order valence-corrected chi connectivity index (χ0v) is 36.2. The molecule has 6 heteroatoms. The number of benzene rings is 6. The molecule has 0 N–H and O–H groups in total. The predicted molar refractivity (Wildman–Crippen MR) is 241 cm³/mol. The Morgan fingerprint density at radius 1 is 0.259 bits per heavy atom. The molecule has 6 aromatic carbocycles. The van der Waals surface area contributed by atoms with E-state index in [-0.39, 0.29) is 0 Å². The van der Waals surface area contributed by atoms with Crippen LogP contribution in [0.5, 0.6) is 0 Å². The summed E-state index contributed by atoms with van der Waals surface area (Å²) in [5, 5.41) is 4.26. The largest absolute Gasteiger partial charge is 0.208 e. The van der Waals surface area contributed by atoms with Crippen LogP contribution in [0.1, 0.15) is 0 Å². The van der Waals surface area contributed by atoms with Crippen LogP contribution in [0.4, 0.5) is 0 Å². The molecule has 3 nitrogen and oxygen atoms in total. The molecular formula is C48H51N3Si3. The van der Waals surface area contributed by atoms with E-state index in [4.69, 9.17) is 15.0 Å². The van der Waals surface area contributed by atoms with Gasteiger partial charge in [-0.3, -0.25) is 0 Å². The van der Waals surface area contributed by atoms with Crippen LogP contribution in [-0.2, 0) is 0 Å². The quantitative estimate of drug-likeness (QED) is 0.138. The molecule has 0 aliphatic rings. The Kier molecular flexibility index (Phi) is 10.1. The van der Waals surface area contributed by atoms with Gasteiger partial charge in [0.25, 0.3) is 0 Å². The van der Waals surface area contributed by atoms with Crippen molar-refractivity contribution in [1.29, 1.82) is 0 Å².